The maximum Gasteiger partial charge on any atom is 0.170 e. The number of piperazine rings is 1. The Labute approximate surface area is 143 Å². The predicted molar refractivity (Wildman–Crippen MR) is 93.1 cm³/mol. The molecule has 1 aromatic carbocycles. The lowest BCUT2D eigenvalue weighted by Crippen LogP contribution is -2.48. The molecule has 0 radical (unpaired) electrons. The summed E-state index contributed by atoms with van der Waals surface area (Å²) in [5, 5.41) is 12.2. The SMILES string of the molecule is Cc1ccc(-n2nnnc2CN2CCN(C(C)C)CC2)cc1.Cl. The zero-order valence-electron chi connectivity index (χ0n) is 14.0. The maximum absolute atomic E-state index is 4.21. The number of aromatic nitrogens is 4. The number of aryl methyl sites for hydroxylation is 1. The third-order valence-electron chi connectivity index (χ3n) is 4.31. The highest BCUT2D eigenvalue weighted by atomic mass is 35.5. The molecule has 7 heteroatoms. The number of tetrazole rings is 1. The van der Waals surface area contributed by atoms with Crippen molar-refractivity contribution < 1.29 is 0 Å². The zero-order chi connectivity index (χ0) is 15.5. The van der Waals surface area contributed by atoms with E-state index in [0.717, 1.165) is 44.2 Å². The summed E-state index contributed by atoms with van der Waals surface area (Å²) in [6, 6.07) is 8.92. The van der Waals surface area contributed by atoms with Crippen molar-refractivity contribution in [2.45, 2.75) is 33.4 Å². The van der Waals surface area contributed by atoms with Gasteiger partial charge in [-0.05, 0) is 43.3 Å². The summed E-state index contributed by atoms with van der Waals surface area (Å²) in [6.45, 7) is 11.8. The molecule has 23 heavy (non-hydrogen) atoms. The molecule has 0 amide bonds. The summed E-state index contributed by atoms with van der Waals surface area (Å²) >= 11 is 0. The van der Waals surface area contributed by atoms with Crippen LogP contribution in [0.4, 0.5) is 0 Å². The molecule has 3 rings (SSSR count). The van der Waals surface area contributed by atoms with Gasteiger partial charge in [0.25, 0.3) is 0 Å². The van der Waals surface area contributed by atoms with Crippen LogP contribution < -0.4 is 0 Å². The van der Waals surface area contributed by atoms with E-state index in [0.29, 0.717) is 6.04 Å². The summed E-state index contributed by atoms with van der Waals surface area (Å²) in [7, 11) is 0. The van der Waals surface area contributed by atoms with E-state index in [1.807, 2.05) is 4.68 Å². The lowest BCUT2D eigenvalue weighted by atomic mass is 10.2. The van der Waals surface area contributed by atoms with Crippen molar-refractivity contribution in [3.63, 3.8) is 0 Å². The van der Waals surface area contributed by atoms with Crippen molar-refractivity contribution in [1.29, 1.82) is 0 Å². The van der Waals surface area contributed by atoms with Crippen molar-refractivity contribution in [2.75, 3.05) is 26.2 Å². The van der Waals surface area contributed by atoms with Gasteiger partial charge in [0.2, 0.25) is 0 Å². The lowest BCUT2D eigenvalue weighted by molar-refractivity contribution is 0.102. The van der Waals surface area contributed by atoms with Crippen LogP contribution in [0, 0.1) is 6.92 Å². The first-order chi connectivity index (χ1) is 10.6. The molecule has 0 aliphatic carbocycles. The highest BCUT2D eigenvalue weighted by molar-refractivity contribution is 5.85. The fourth-order valence-corrected chi connectivity index (χ4v) is 2.83. The Kier molecular flexibility index (Phi) is 6.10. The van der Waals surface area contributed by atoms with Crippen LogP contribution in [0.3, 0.4) is 0 Å². The summed E-state index contributed by atoms with van der Waals surface area (Å²) in [5.74, 6) is 0.904. The van der Waals surface area contributed by atoms with Gasteiger partial charge in [0, 0.05) is 32.2 Å². The zero-order valence-corrected chi connectivity index (χ0v) is 14.8. The fraction of sp³-hybridized carbons (Fsp3) is 0.562. The third-order valence-corrected chi connectivity index (χ3v) is 4.31. The van der Waals surface area contributed by atoms with E-state index < -0.39 is 0 Å². The van der Waals surface area contributed by atoms with Crippen LogP contribution in [0.5, 0.6) is 0 Å². The van der Waals surface area contributed by atoms with Crippen molar-refractivity contribution in [2.24, 2.45) is 0 Å². The molecule has 1 aliphatic rings. The van der Waals surface area contributed by atoms with Gasteiger partial charge >= 0.3 is 0 Å². The van der Waals surface area contributed by atoms with E-state index in [-0.39, 0.29) is 12.4 Å². The highest BCUT2D eigenvalue weighted by Gasteiger charge is 2.20. The predicted octanol–water partition coefficient (Wildman–Crippen LogP) is 1.92. The summed E-state index contributed by atoms with van der Waals surface area (Å²) in [5.41, 5.74) is 2.26. The smallest absolute Gasteiger partial charge is 0.170 e. The summed E-state index contributed by atoms with van der Waals surface area (Å²) in [6.07, 6.45) is 0. The number of benzene rings is 1. The Morgan fingerprint density at radius 3 is 2.30 bits per heavy atom. The van der Waals surface area contributed by atoms with Crippen LogP contribution in [0.15, 0.2) is 24.3 Å². The molecule has 1 aromatic heterocycles. The number of halogens is 1. The molecule has 2 heterocycles. The molecule has 0 bridgehead atoms. The minimum Gasteiger partial charge on any atom is -0.298 e. The summed E-state index contributed by atoms with van der Waals surface area (Å²) < 4.78 is 1.84. The maximum atomic E-state index is 4.21. The second-order valence-corrected chi connectivity index (χ2v) is 6.25. The minimum absolute atomic E-state index is 0. The molecular weight excluding hydrogens is 312 g/mol. The Morgan fingerprint density at radius 2 is 1.70 bits per heavy atom. The molecule has 1 aliphatic heterocycles. The van der Waals surface area contributed by atoms with Gasteiger partial charge in [0.1, 0.15) is 0 Å². The molecule has 126 valence electrons. The average Bonchev–Trinajstić information content (AvgIpc) is 2.97. The third kappa shape index (κ3) is 4.28. The first-order valence-electron chi connectivity index (χ1n) is 7.94. The second kappa shape index (κ2) is 7.86. The first kappa shape index (κ1) is 17.8. The normalized spacial score (nSPS) is 16.5. The Morgan fingerprint density at radius 1 is 1.04 bits per heavy atom. The molecule has 1 fully saturated rings. The fourth-order valence-electron chi connectivity index (χ4n) is 2.83. The van der Waals surface area contributed by atoms with E-state index in [2.05, 4.69) is 70.4 Å². The number of hydrogen-bond acceptors (Lipinski definition) is 5. The van der Waals surface area contributed by atoms with Crippen LogP contribution in [0.2, 0.25) is 0 Å². The Hall–Kier alpha value is -1.50. The number of rotatable bonds is 4. The topological polar surface area (TPSA) is 50.1 Å². The Bertz CT molecular complexity index is 601. The van der Waals surface area contributed by atoms with E-state index in [4.69, 9.17) is 0 Å². The molecule has 0 N–H and O–H groups in total. The molecular formula is C16H25ClN6. The van der Waals surface area contributed by atoms with Crippen LogP contribution in [0.1, 0.15) is 25.2 Å². The van der Waals surface area contributed by atoms with Gasteiger partial charge in [-0.25, -0.2) is 0 Å². The van der Waals surface area contributed by atoms with Gasteiger partial charge in [-0.1, -0.05) is 17.7 Å². The molecule has 0 atom stereocenters. The standard InChI is InChI=1S/C16H24N6.ClH/c1-13(2)21-10-8-20(9-11-21)12-16-17-18-19-22(16)15-6-4-14(3)5-7-15;/h4-7,13H,8-12H2,1-3H3;1H. The van der Waals surface area contributed by atoms with Crippen LogP contribution in [0.25, 0.3) is 5.69 Å². The van der Waals surface area contributed by atoms with Crippen molar-refractivity contribution in [3.05, 3.63) is 35.7 Å². The number of nitrogens with zero attached hydrogens (tertiary/aromatic N) is 6. The molecule has 0 spiro atoms. The van der Waals surface area contributed by atoms with Crippen molar-refractivity contribution >= 4 is 12.4 Å². The second-order valence-electron chi connectivity index (χ2n) is 6.25. The number of hydrogen-bond donors (Lipinski definition) is 0. The first-order valence-corrected chi connectivity index (χ1v) is 7.94. The molecule has 6 nitrogen and oxygen atoms in total. The highest BCUT2D eigenvalue weighted by Crippen LogP contribution is 2.13. The van der Waals surface area contributed by atoms with Crippen LogP contribution in [-0.4, -0.2) is 62.2 Å². The minimum atomic E-state index is 0. The van der Waals surface area contributed by atoms with Gasteiger partial charge in [-0.15, -0.1) is 17.5 Å². The molecule has 1 saturated heterocycles. The monoisotopic (exact) mass is 336 g/mol. The van der Waals surface area contributed by atoms with Gasteiger partial charge in [-0.2, -0.15) is 4.68 Å². The van der Waals surface area contributed by atoms with E-state index in [1.165, 1.54) is 5.56 Å². The van der Waals surface area contributed by atoms with Crippen LogP contribution >= 0.6 is 12.4 Å². The van der Waals surface area contributed by atoms with Crippen molar-refractivity contribution in [1.82, 2.24) is 30.0 Å². The Balaban J connectivity index is 0.00000192. The van der Waals surface area contributed by atoms with Crippen LogP contribution in [-0.2, 0) is 6.54 Å². The molecule has 2 aromatic rings. The van der Waals surface area contributed by atoms with Gasteiger partial charge in [0.15, 0.2) is 5.82 Å². The average molecular weight is 337 g/mol. The lowest BCUT2D eigenvalue weighted by Gasteiger charge is -2.36. The van der Waals surface area contributed by atoms with E-state index in [9.17, 15) is 0 Å². The quantitative estimate of drug-likeness (QED) is 0.853. The van der Waals surface area contributed by atoms with Gasteiger partial charge in [0.05, 0.1) is 12.2 Å². The van der Waals surface area contributed by atoms with E-state index in [1.54, 1.807) is 0 Å². The largest absolute Gasteiger partial charge is 0.298 e. The van der Waals surface area contributed by atoms with Gasteiger partial charge in [-0.3, -0.25) is 9.80 Å². The molecule has 0 saturated carbocycles. The molecule has 0 unspecified atom stereocenters. The van der Waals surface area contributed by atoms with E-state index >= 15 is 0 Å². The summed E-state index contributed by atoms with van der Waals surface area (Å²) in [4.78, 5) is 4.94. The van der Waals surface area contributed by atoms with Crippen molar-refractivity contribution in [3.8, 4) is 5.69 Å². The van der Waals surface area contributed by atoms with Gasteiger partial charge < -0.3 is 0 Å².